The molecule has 0 spiro atoms. The van der Waals surface area contributed by atoms with Gasteiger partial charge < -0.3 is 25.6 Å². The molecule has 1 rings (SSSR count). The van der Waals surface area contributed by atoms with Gasteiger partial charge in [0.15, 0.2) is 18.1 Å². The summed E-state index contributed by atoms with van der Waals surface area (Å²) in [7, 11) is 1.50. The van der Waals surface area contributed by atoms with Crippen LogP contribution in [-0.2, 0) is 11.3 Å². The number of halogens is 1. The van der Waals surface area contributed by atoms with E-state index in [2.05, 4.69) is 0 Å². The van der Waals surface area contributed by atoms with E-state index in [9.17, 15) is 4.79 Å². The average molecular weight is 290 g/mol. The van der Waals surface area contributed by atoms with Crippen molar-refractivity contribution in [3.8, 4) is 11.5 Å². The molecule has 0 saturated carbocycles. The smallest absolute Gasteiger partial charge is 0.255 e. The third kappa shape index (κ3) is 4.94. The van der Waals surface area contributed by atoms with Crippen LogP contribution in [0.15, 0.2) is 12.1 Å². The number of ether oxygens (including phenoxy) is 2. The SMILES string of the molecule is COc1cc(C[NH2+]CCO)c(Cl)cc1OCC(N)=O. The molecule has 0 bridgehead atoms. The topological polar surface area (TPSA) is 98.4 Å². The number of hydrogen-bond donors (Lipinski definition) is 3. The van der Waals surface area contributed by atoms with Crippen LogP contribution in [0.3, 0.4) is 0 Å². The standard InChI is InChI=1S/C12H17ClN2O4/c1-18-10-4-8(6-15-2-3-16)9(13)5-11(10)19-7-12(14)17/h4-5,15-16H,2-3,6-7H2,1H3,(H2,14,17)/p+1. The molecule has 7 heteroatoms. The highest BCUT2D eigenvalue weighted by molar-refractivity contribution is 6.31. The number of quaternary nitrogens is 1. The second-order valence-electron chi connectivity index (χ2n) is 3.85. The molecule has 0 aliphatic carbocycles. The van der Waals surface area contributed by atoms with Gasteiger partial charge in [0.1, 0.15) is 6.54 Å². The molecule has 0 aliphatic rings. The van der Waals surface area contributed by atoms with Crippen molar-refractivity contribution in [1.29, 1.82) is 0 Å². The van der Waals surface area contributed by atoms with Crippen molar-refractivity contribution in [2.45, 2.75) is 6.54 Å². The maximum absolute atomic E-state index is 10.7. The first-order valence-electron chi connectivity index (χ1n) is 5.78. The van der Waals surface area contributed by atoms with E-state index in [0.29, 0.717) is 29.6 Å². The van der Waals surface area contributed by atoms with E-state index in [4.69, 9.17) is 31.9 Å². The molecule has 1 aromatic rings. The molecule has 0 aliphatic heterocycles. The number of aliphatic hydroxyl groups is 1. The molecule has 0 fully saturated rings. The van der Waals surface area contributed by atoms with Gasteiger partial charge in [-0.05, 0) is 6.07 Å². The quantitative estimate of drug-likeness (QED) is 0.550. The predicted octanol–water partition coefficient (Wildman–Crippen LogP) is -0.732. The molecule has 0 saturated heterocycles. The van der Waals surface area contributed by atoms with Crippen molar-refractivity contribution in [2.75, 3.05) is 26.9 Å². The first kappa shape index (κ1) is 15.6. The third-order valence-electron chi connectivity index (χ3n) is 2.40. The van der Waals surface area contributed by atoms with Crippen molar-refractivity contribution in [3.63, 3.8) is 0 Å². The molecule has 106 valence electrons. The summed E-state index contributed by atoms with van der Waals surface area (Å²) in [4.78, 5) is 10.7. The monoisotopic (exact) mass is 289 g/mol. The van der Waals surface area contributed by atoms with Gasteiger partial charge in [-0.15, -0.1) is 0 Å². The Labute approximate surface area is 116 Å². The van der Waals surface area contributed by atoms with Gasteiger partial charge in [0, 0.05) is 11.6 Å². The number of methoxy groups -OCH3 is 1. The van der Waals surface area contributed by atoms with E-state index >= 15 is 0 Å². The highest BCUT2D eigenvalue weighted by atomic mass is 35.5. The Morgan fingerprint density at radius 3 is 2.79 bits per heavy atom. The molecule has 6 nitrogen and oxygen atoms in total. The van der Waals surface area contributed by atoms with Crippen LogP contribution < -0.4 is 20.5 Å². The van der Waals surface area contributed by atoms with Crippen molar-refractivity contribution in [3.05, 3.63) is 22.7 Å². The number of nitrogens with two attached hydrogens (primary N) is 2. The molecule has 0 heterocycles. The van der Waals surface area contributed by atoms with Gasteiger partial charge >= 0.3 is 0 Å². The molecule has 0 aromatic heterocycles. The Bertz CT molecular complexity index is 440. The van der Waals surface area contributed by atoms with Crippen LogP contribution in [0.4, 0.5) is 0 Å². The van der Waals surface area contributed by atoms with Crippen molar-refractivity contribution < 1.29 is 24.7 Å². The van der Waals surface area contributed by atoms with E-state index in [-0.39, 0.29) is 13.2 Å². The summed E-state index contributed by atoms with van der Waals surface area (Å²) in [6.45, 7) is 1.08. The molecule has 0 unspecified atom stereocenters. The molecule has 5 N–H and O–H groups in total. The number of benzene rings is 1. The van der Waals surface area contributed by atoms with E-state index in [1.807, 2.05) is 5.32 Å². The summed E-state index contributed by atoms with van der Waals surface area (Å²) in [5.74, 6) is 0.286. The van der Waals surface area contributed by atoms with E-state index in [1.165, 1.54) is 7.11 Å². The van der Waals surface area contributed by atoms with Gasteiger partial charge in [-0.3, -0.25) is 4.79 Å². The maximum Gasteiger partial charge on any atom is 0.255 e. The third-order valence-corrected chi connectivity index (χ3v) is 2.75. The van der Waals surface area contributed by atoms with Crippen LogP contribution in [0, 0.1) is 0 Å². The summed E-state index contributed by atoms with van der Waals surface area (Å²) in [6.07, 6.45) is 0. The molecule has 1 aromatic carbocycles. The average Bonchev–Trinajstić information content (AvgIpc) is 2.38. The Kier molecular flexibility index (Phi) is 6.41. The fraction of sp³-hybridized carbons (Fsp3) is 0.417. The number of primary amides is 1. The molecule has 1 amide bonds. The second-order valence-corrected chi connectivity index (χ2v) is 4.26. The number of rotatable bonds is 8. The zero-order valence-electron chi connectivity index (χ0n) is 10.7. The zero-order chi connectivity index (χ0) is 14.3. The second kappa shape index (κ2) is 7.83. The highest BCUT2D eigenvalue weighted by Gasteiger charge is 2.12. The zero-order valence-corrected chi connectivity index (χ0v) is 11.4. The van der Waals surface area contributed by atoms with Gasteiger partial charge in [-0.25, -0.2) is 0 Å². The number of carbonyl (C=O) groups is 1. The largest absolute Gasteiger partial charge is 0.493 e. The summed E-state index contributed by atoms with van der Waals surface area (Å²) in [5.41, 5.74) is 5.87. The molecule has 19 heavy (non-hydrogen) atoms. The predicted molar refractivity (Wildman–Crippen MR) is 70.3 cm³/mol. The van der Waals surface area contributed by atoms with Gasteiger partial charge in [-0.1, -0.05) is 11.6 Å². The van der Waals surface area contributed by atoms with Crippen LogP contribution in [0.25, 0.3) is 0 Å². The van der Waals surface area contributed by atoms with Gasteiger partial charge in [0.2, 0.25) is 0 Å². The minimum absolute atomic E-state index is 0.106. The van der Waals surface area contributed by atoms with Gasteiger partial charge in [-0.2, -0.15) is 0 Å². The first-order valence-corrected chi connectivity index (χ1v) is 6.16. The summed E-state index contributed by atoms with van der Waals surface area (Å²) in [6, 6.07) is 3.33. The minimum Gasteiger partial charge on any atom is -0.493 e. The lowest BCUT2D eigenvalue weighted by Crippen LogP contribution is -2.83. The highest BCUT2D eigenvalue weighted by Crippen LogP contribution is 2.32. The lowest BCUT2D eigenvalue weighted by Gasteiger charge is -2.12. The van der Waals surface area contributed by atoms with E-state index in [0.717, 1.165) is 5.56 Å². The number of aliphatic hydroxyl groups excluding tert-OH is 1. The van der Waals surface area contributed by atoms with Crippen LogP contribution in [0.2, 0.25) is 5.02 Å². The van der Waals surface area contributed by atoms with E-state index < -0.39 is 5.91 Å². The lowest BCUT2D eigenvalue weighted by atomic mass is 10.2. The Balaban J connectivity index is 2.83. The Hall–Kier alpha value is -1.50. The van der Waals surface area contributed by atoms with Crippen LogP contribution in [0.1, 0.15) is 5.56 Å². The summed E-state index contributed by atoms with van der Waals surface area (Å²) in [5, 5.41) is 11.2. The number of amides is 1. The lowest BCUT2D eigenvalue weighted by molar-refractivity contribution is -0.671. The van der Waals surface area contributed by atoms with Crippen LogP contribution >= 0.6 is 11.6 Å². The minimum atomic E-state index is -0.571. The van der Waals surface area contributed by atoms with Crippen LogP contribution in [-0.4, -0.2) is 37.9 Å². The number of hydrogen-bond acceptors (Lipinski definition) is 4. The Morgan fingerprint density at radius 1 is 1.47 bits per heavy atom. The van der Waals surface area contributed by atoms with Crippen molar-refractivity contribution >= 4 is 17.5 Å². The maximum atomic E-state index is 10.7. The molecule has 0 atom stereocenters. The fourth-order valence-corrected chi connectivity index (χ4v) is 1.73. The summed E-state index contributed by atoms with van der Waals surface area (Å²) >= 11 is 6.12. The Morgan fingerprint density at radius 2 is 2.21 bits per heavy atom. The fourth-order valence-electron chi connectivity index (χ4n) is 1.50. The first-order chi connectivity index (χ1) is 9.08. The molecular weight excluding hydrogens is 272 g/mol. The molecule has 0 radical (unpaired) electrons. The van der Waals surface area contributed by atoms with Crippen molar-refractivity contribution in [2.24, 2.45) is 5.73 Å². The van der Waals surface area contributed by atoms with Crippen molar-refractivity contribution in [1.82, 2.24) is 0 Å². The number of carbonyl (C=O) groups excluding carboxylic acids is 1. The summed E-state index contributed by atoms with van der Waals surface area (Å²) < 4.78 is 10.4. The van der Waals surface area contributed by atoms with Gasteiger partial charge in [0.25, 0.3) is 5.91 Å². The molecular formula is C12H18ClN2O4+. The van der Waals surface area contributed by atoms with Gasteiger partial charge in [0.05, 0.1) is 25.3 Å². The van der Waals surface area contributed by atoms with E-state index in [1.54, 1.807) is 12.1 Å². The van der Waals surface area contributed by atoms with Crippen LogP contribution in [0.5, 0.6) is 11.5 Å². The normalized spacial score (nSPS) is 10.3.